The molecule has 136 valence electrons. The van der Waals surface area contributed by atoms with Crippen molar-refractivity contribution in [3.63, 3.8) is 0 Å². The zero-order valence-electron chi connectivity index (χ0n) is 13.1. The number of nitrogens with zero attached hydrogens (tertiary/aromatic N) is 1. The number of alkyl halides is 3. The number of aliphatic hydroxyl groups is 1. The van der Waals surface area contributed by atoms with E-state index in [1.807, 2.05) is 0 Å². The Bertz CT molecular complexity index is 725. The lowest BCUT2D eigenvalue weighted by molar-refractivity contribution is -0.137. The van der Waals surface area contributed by atoms with E-state index in [0.717, 1.165) is 6.07 Å². The summed E-state index contributed by atoms with van der Waals surface area (Å²) in [4.78, 5) is 3.60. The summed E-state index contributed by atoms with van der Waals surface area (Å²) in [6.45, 7) is 0.337. The maximum Gasteiger partial charge on any atom is 0.417 e. The van der Waals surface area contributed by atoms with E-state index in [4.69, 9.17) is 25.8 Å². The molecule has 5 nitrogen and oxygen atoms in total. The largest absolute Gasteiger partial charge is 0.491 e. The van der Waals surface area contributed by atoms with Crippen LogP contribution in [-0.2, 0) is 17.5 Å². The highest BCUT2D eigenvalue weighted by molar-refractivity contribution is 6.31. The first kappa shape index (κ1) is 19.3. The summed E-state index contributed by atoms with van der Waals surface area (Å²) in [5, 5.41) is 9.08. The van der Waals surface area contributed by atoms with E-state index < -0.39 is 11.7 Å². The second kappa shape index (κ2) is 8.37. The van der Waals surface area contributed by atoms with Crippen LogP contribution in [0.25, 0.3) is 0 Å². The SMILES string of the molecule is COCCOc1ccc(CO)c(Oc2ncc(C(F)(F)F)cc2Cl)c1. The van der Waals surface area contributed by atoms with E-state index >= 15 is 0 Å². The number of rotatable bonds is 7. The number of benzene rings is 1. The number of ether oxygens (including phenoxy) is 3. The highest BCUT2D eigenvalue weighted by Gasteiger charge is 2.31. The molecule has 0 amide bonds. The fourth-order valence-electron chi connectivity index (χ4n) is 1.85. The smallest absolute Gasteiger partial charge is 0.417 e. The molecule has 2 aromatic rings. The summed E-state index contributed by atoms with van der Waals surface area (Å²) < 4.78 is 53.7. The first-order valence-electron chi connectivity index (χ1n) is 7.11. The van der Waals surface area contributed by atoms with Crippen LogP contribution in [0.1, 0.15) is 11.1 Å². The number of aliphatic hydroxyl groups excluding tert-OH is 1. The molecule has 0 saturated carbocycles. The Labute approximate surface area is 146 Å². The number of methoxy groups -OCH3 is 1. The van der Waals surface area contributed by atoms with E-state index in [1.54, 1.807) is 12.1 Å². The zero-order valence-corrected chi connectivity index (χ0v) is 13.9. The molecule has 1 heterocycles. The van der Waals surface area contributed by atoms with Gasteiger partial charge in [-0.25, -0.2) is 4.98 Å². The van der Waals surface area contributed by atoms with Crippen molar-refractivity contribution in [3.05, 3.63) is 46.6 Å². The van der Waals surface area contributed by atoms with Crippen molar-refractivity contribution in [2.45, 2.75) is 12.8 Å². The molecule has 1 aromatic carbocycles. The molecule has 1 N–H and O–H groups in total. The molecular formula is C16H15ClF3NO4. The standard InChI is InChI=1S/C16H15ClF3NO4/c1-23-4-5-24-12-3-2-10(9-22)14(7-12)25-15-13(17)6-11(8-21-15)16(18,19)20/h2-3,6-8,22H,4-5,9H2,1H3. The van der Waals surface area contributed by atoms with Gasteiger partial charge in [-0.05, 0) is 18.2 Å². The van der Waals surface area contributed by atoms with Crippen LogP contribution in [0.4, 0.5) is 13.2 Å². The minimum atomic E-state index is -4.56. The first-order valence-corrected chi connectivity index (χ1v) is 7.49. The molecule has 0 bridgehead atoms. The molecule has 0 aliphatic carbocycles. The average Bonchev–Trinajstić information content (AvgIpc) is 2.56. The van der Waals surface area contributed by atoms with Crippen molar-refractivity contribution in [2.75, 3.05) is 20.3 Å². The predicted octanol–water partition coefficient (Wildman–Crippen LogP) is 4.06. The Kier molecular flexibility index (Phi) is 6.46. The van der Waals surface area contributed by atoms with E-state index in [9.17, 15) is 18.3 Å². The van der Waals surface area contributed by atoms with Gasteiger partial charge in [-0.15, -0.1) is 0 Å². The molecule has 1 aromatic heterocycles. The summed E-state index contributed by atoms with van der Waals surface area (Å²) in [6, 6.07) is 5.39. The molecule has 25 heavy (non-hydrogen) atoms. The Hall–Kier alpha value is -2.03. The molecule has 0 unspecified atom stereocenters. The van der Waals surface area contributed by atoms with Crippen LogP contribution in [0.5, 0.6) is 17.4 Å². The fraction of sp³-hybridized carbons (Fsp3) is 0.312. The number of aromatic nitrogens is 1. The summed E-state index contributed by atoms with van der Waals surface area (Å²) in [6.07, 6.45) is -3.93. The van der Waals surface area contributed by atoms with Gasteiger partial charge in [0.2, 0.25) is 5.88 Å². The molecule has 0 radical (unpaired) electrons. The van der Waals surface area contributed by atoms with Crippen LogP contribution in [0.3, 0.4) is 0 Å². The van der Waals surface area contributed by atoms with E-state index in [-0.39, 0.29) is 23.3 Å². The van der Waals surface area contributed by atoms with Gasteiger partial charge < -0.3 is 19.3 Å². The topological polar surface area (TPSA) is 60.8 Å². The van der Waals surface area contributed by atoms with Crippen molar-refractivity contribution >= 4 is 11.6 Å². The third-order valence-corrected chi connectivity index (χ3v) is 3.38. The van der Waals surface area contributed by atoms with Crippen LogP contribution in [0.2, 0.25) is 5.02 Å². The monoisotopic (exact) mass is 377 g/mol. The molecule has 0 aliphatic rings. The maximum atomic E-state index is 12.6. The lowest BCUT2D eigenvalue weighted by atomic mass is 10.2. The van der Waals surface area contributed by atoms with Gasteiger partial charge in [0.15, 0.2) is 0 Å². The van der Waals surface area contributed by atoms with Gasteiger partial charge in [0.05, 0.1) is 18.8 Å². The van der Waals surface area contributed by atoms with Gasteiger partial charge >= 0.3 is 6.18 Å². The predicted molar refractivity (Wildman–Crippen MR) is 84.1 cm³/mol. The van der Waals surface area contributed by atoms with Crippen molar-refractivity contribution < 1.29 is 32.5 Å². The molecule has 0 aliphatic heterocycles. The van der Waals surface area contributed by atoms with Crippen molar-refractivity contribution in [2.24, 2.45) is 0 Å². The Balaban J connectivity index is 2.24. The van der Waals surface area contributed by atoms with Crippen molar-refractivity contribution in [1.82, 2.24) is 4.98 Å². The van der Waals surface area contributed by atoms with Gasteiger partial charge in [-0.2, -0.15) is 13.2 Å². The van der Waals surface area contributed by atoms with Gasteiger partial charge in [0, 0.05) is 24.9 Å². The second-order valence-corrected chi connectivity index (χ2v) is 5.29. The van der Waals surface area contributed by atoms with E-state index in [0.29, 0.717) is 30.7 Å². The zero-order chi connectivity index (χ0) is 18.4. The molecule has 2 rings (SSSR count). The second-order valence-electron chi connectivity index (χ2n) is 4.88. The molecule has 9 heteroatoms. The summed E-state index contributed by atoms with van der Waals surface area (Å²) in [5.74, 6) is 0.400. The van der Waals surface area contributed by atoms with E-state index in [1.165, 1.54) is 13.2 Å². The van der Waals surface area contributed by atoms with Gasteiger partial charge in [0.1, 0.15) is 23.1 Å². The first-order chi connectivity index (χ1) is 11.8. The summed E-state index contributed by atoms with van der Waals surface area (Å²) in [5.41, 5.74) is -0.583. The van der Waals surface area contributed by atoms with Crippen molar-refractivity contribution in [1.29, 1.82) is 0 Å². The fourth-order valence-corrected chi connectivity index (χ4v) is 2.06. The van der Waals surface area contributed by atoms with Crippen LogP contribution in [0, 0.1) is 0 Å². The van der Waals surface area contributed by atoms with Crippen LogP contribution < -0.4 is 9.47 Å². The normalized spacial score (nSPS) is 11.4. The average molecular weight is 378 g/mol. The third kappa shape index (κ3) is 5.22. The van der Waals surface area contributed by atoms with Crippen LogP contribution >= 0.6 is 11.6 Å². The summed E-state index contributed by atoms with van der Waals surface area (Å²) in [7, 11) is 1.53. The molecule has 0 fully saturated rings. The molecule has 0 saturated heterocycles. The van der Waals surface area contributed by atoms with E-state index in [2.05, 4.69) is 4.98 Å². The quantitative estimate of drug-likeness (QED) is 0.737. The molecule has 0 spiro atoms. The lowest BCUT2D eigenvalue weighted by Gasteiger charge is -2.13. The molecular weight excluding hydrogens is 363 g/mol. The number of hydrogen-bond donors (Lipinski definition) is 1. The van der Waals surface area contributed by atoms with Gasteiger partial charge in [0.25, 0.3) is 0 Å². The highest BCUT2D eigenvalue weighted by Crippen LogP contribution is 2.36. The van der Waals surface area contributed by atoms with Gasteiger partial charge in [-0.3, -0.25) is 0 Å². The lowest BCUT2D eigenvalue weighted by Crippen LogP contribution is -2.06. The Morgan fingerprint density at radius 1 is 1.20 bits per heavy atom. The number of pyridine rings is 1. The minimum absolute atomic E-state index is 0.173. The maximum absolute atomic E-state index is 12.6. The Morgan fingerprint density at radius 2 is 1.96 bits per heavy atom. The number of halogens is 4. The van der Waals surface area contributed by atoms with Gasteiger partial charge in [-0.1, -0.05) is 11.6 Å². The van der Waals surface area contributed by atoms with Crippen LogP contribution in [0.15, 0.2) is 30.5 Å². The highest BCUT2D eigenvalue weighted by atomic mass is 35.5. The third-order valence-electron chi connectivity index (χ3n) is 3.11. The molecule has 0 atom stereocenters. The van der Waals surface area contributed by atoms with Crippen molar-refractivity contribution in [3.8, 4) is 17.4 Å². The number of hydrogen-bond acceptors (Lipinski definition) is 5. The Morgan fingerprint density at radius 3 is 2.56 bits per heavy atom. The summed E-state index contributed by atoms with van der Waals surface area (Å²) >= 11 is 5.83. The van der Waals surface area contributed by atoms with Crippen LogP contribution in [-0.4, -0.2) is 30.4 Å². The minimum Gasteiger partial charge on any atom is -0.491 e.